The standard InChI is InChI=1S/C31H33N3O5/c1-34(17-20-9-3-2-4-10-20)18-28(29(35)32-16-21-15-26(21)30(36)37)33-31(38)39-19-27-24-13-7-5-11-22(24)23-12-6-8-14-25(23)27/h2-14,21,26-28H,15-19H2,1H3,(H,32,35)(H,33,38)(H,36,37)/t21-,26-,28?/m0/s1. The first-order chi connectivity index (χ1) is 18.9. The van der Waals surface area contributed by atoms with Crippen molar-refractivity contribution in [2.24, 2.45) is 11.8 Å². The molecule has 3 N–H and O–H groups in total. The minimum Gasteiger partial charge on any atom is -0.481 e. The number of carboxylic acids is 1. The Balaban J connectivity index is 1.22. The molecule has 0 heterocycles. The maximum Gasteiger partial charge on any atom is 0.407 e. The van der Waals surface area contributed by atoms with Crippen LogP contribution in [-0.2, 0) is 20.9 Å². The zero-order valence-electron chi connectivity index (χ0n) is 21.9. The monoisotopic (exact) mass is 527 g/mol. The second kappa shape index (κ2) is 11.7. The van der Waals surface area contributed by atoms with E-state index in [9.17, 15) is 14.4 Å². The third kappa shape index (κ3) is 6.29. The maximum absolute atomic E-state index is 13.1. The number of hydrogen-bond donors (Lipinski definition) is 3. The third-order valence-electron chi connectivity index (χ3n) is 7.52. The fourth-order valence-electron chi connectivity index (χ4n) is 5.38. The molecule has 1 fully saturated rings. The lowest BCUT2D eigenvalue weighted by molar-refractivity contribution is -0.139. The number of nitrogens with one attached hydrogen (secondary N) is 2. The van der Waals surface area contributed by atoms with Gasteiger partial charge in [0.25, 0.3) is 0 Å². The van der Waals surface area contributed by atoms with Gasteiger partial charge in [-0.3, -0.25) is 14.5 Å². The molecule has 8 heteroatoms. The first kappa shape index (κ1) is 26.4. The summed E-state index contributed by atoms with van der Waals surface area (Å²) >= 11 is 0. The van der Waals surface area contributed by atoms with Crippen LogP contribution in [0.3, 0.4) is 0 Å². The highest BCUT2D eigenvalue weighted by Crippen LogP contribution is 2.44. The fraction of sp³-hybridized carbons (Fsp3) is 0.323. The molecule has 0 spiro atoms. The van der Waals surface area contributed by atoms with E-state index in [1.165, 1.54) is 0 Å². The Morgan fingerprint density at radius 2 is 1.56 bits per heavy atom. The van der Waals surface area contributed by atoms with Crippen LogP contribution >= 0.6 is 0 Å². The van der Waals surface area contributed by atoms with E-state index in [0.717, 1.165) is 27.8 Å². The Kier molecular flexibility index (Phi) is 7.93. The van der Waals surface area contributed by atoms with Gasteiger partial charge in [-0.15, -0.1) is 0 Å². The summed E-state index contributed by atoms with van der Waals surface area (Å²) in [6, 6.07) is 25.2. The van der Waals surface area contributed by atoms with Crippen molar-refractivity contribution in [1.82, 2.24) is 15.5 Å². The summed E-state index contributed by atoms with van der Waals surface area (Å²) in [5.41, 5.74) is 5.59. The van der Waals surface area contributed by atoms with Crippen LogP contribution < -0.4 is 10.6 Å². The molecule has 0 bridgehead atoms. The van der Waals surface area contributed by atoms with Crippen LogP contribution in [0, 0.1) is 11.8 Å². The van der Waals surface area contributed by atoms with Gasteiger partial charge in [-0.2, -0.15) is 0 Å². The summed E-state index contributed by atoms with van der Waals surface area (Å²) in [7, 11) is 1.88. The zero-order chi connectivity index (χ0) is 27.4. The van der Waals surface area contributed by atoms with E-state index in [2.05, 4.69) is 34.9 Å². The average Bonchev–Trinajstić information content (AvgIpc) is 3.66. The molecule has 0 aliphatic heterocycles. The van der Waals surface area contributed by atoms with Crippen molar-refractivity contribution in [2.75, 3.05) is 26.7 Å². The zero-order valence-corrected chi connectivity index (χ0v) is 21.9. The third-order valence-corrected chi connectivity index (χ3v) is 7.52. The van der Waals surface area contributed by atoms with Crippen LogP contribution in [0.2, 0.25) is 0 Å². The van der Waals surface area contributed by atoms with E-state index in [0.29, 0.717) is 13.0 Å². The first-order valence-corrected chi connectivity index (χ1v) is 13.2. The predicted octanol–water partition coefficient (Wildman–Crippen LogP) is 3.86. The summed E-state index contributed by atoms with van der Waals surface area (Å²) < 4.78 is 5.68. The van der Waals surface area contributed by atoms with E-state index in [-0.39, 0.29) is 37.4 Å². The number of benzene rings is 3. The van der Waals surface area contributed by atoms with Crippen molar-refractivity contribution < 1.29 is 24.2 Å². The van der Waals surface area contributed by atoms with Crippen LogP contribution in [0.5, 0.6) is 0 Å². The molecule has 1 unspecified atom stereocenters. The molecular formula is C31H33N3O5. The molecule has 1 saturated carbocycles. The number of rotatable bonds is 11. The van der Waals surface area contributed by atoms with Gasteiger partial charge in [-0.1, -0.05) is 78.9 Å². The van der Waals surface area contributed by atoms with Gasteiger partial charge >= 0.3 is 12.1 Å². The molecule has 0 radical (unpaired) electrons. The Bertz CT molecular complexity index is 1300. The van der Waals surface area contributed by atoms with E-state index in [4.69, 9.17) is 9.84 Å². The van der Waals surface area contributed by atoms with Gasteiger partial charge in [-0.05, 0) is 47.2 Å². The van der Waals surface area contributed by atoms with Gasteiger partial charge in [0, 0.05) is 25.6 Å². The molecule has 2 aliphatic carbocycles. The van der Waals surface area contributed by atoms with Crippen LogP contribution in [0.4, 0.5) is 4.79 Å². The lowest BCUT2D eigenvalue weighted by Gasteiger charge is -2.25. The molecule has 8 nitrogen and oxygen atoms in total. The van der Waals surface area contributed by atoms with Crippen LogP contribution in [0.25, 0.3) is 11.1 Å². The van der Waals surface area contributed by atoms with Crippen molar-refractivity contribution in [1.29, 1.82) is 0 Å². The largest absolute Gasteiger partial charge is 0.481 e. The fourth-order valence-corrected chi connectivity index (χ4v) is 5.38. The van der Waals surface area contributed by atoms with Gasteiger partial charge in [-0.25, -0.2) is 4.79 Å². The van der Waals surface area contributed by atoms with Gasteiger partial charge in [0.05, 0.1) is 5.92 Å². The van der Waals surface area contributed by atoms with Gasteiger partial charge in [0.15, 0.2) is 0 Å². The van der Waals surface area contributed by atoms with E-state index < -0.39 is 24.0 Å². The number of nitrogens with zero attached hydrogens (tertiary/aromatic N) is 1. The number of hydrogen-bond acceptors (Lipinski definition) is 5. The van der Waals surface area contributed by atoms with E-state index >= 15 is 0 Å². The number of ether oxygens (including phenoxy) is 1. The minimum atomic E-state index is -0.864. The topological polar surface area (TPSA) is 108 Å². The van der Waals surface area contributed by atoms with Crippen LogP contribution in [-0.4, -0.2) is 60.8 Å². The second-order valence-corrected chi connectivity index (χ2v) is 10.4. The lowest BCUT2D eigenvalue weighted by atomic mass is 9.98. The molecule has 5 rings (SSSR count). The quantitative estimate of drug-likeness (QED) is 0.350. The van der Waals surface area contributed by atoms with Crippen LogP contribution in [0.15, 0.2) is 78.9 Å². The summed E-state index contributed by atoms with van der Waals surface area (Å²) in [4.78, 5) is 39.2. The number of alkyl carbamates (subject to hydrolysis) is 1. The molecule has 2 amide bonds. The Hall–Kier alpha value is -4.17. The number of amides is 2. The Labute approximate surface area is 228 Å². The summed E-state index contributed by atoms with van der Waals surface area (Å²) in [5, 5.41) is 14.7. The maximum atomic E-state index is 13.1. The number of carbonyl (C=O) groups is 3. The van der Waals surface area contributed by atoms with Gasteiger partial charge in [0.1, 0.15) is 12.6 Å². The van der Waals surface area contributed by atoms with Crippen molar-refractivity contribution >= 4 is 18.0 Å². The molecule has 3 aromatic carbocycles. The highest BCUT2D eigenvalue weighted by Gasteiger charge is 2.43. The molecule has 0 saturated heterocycles. The van der Waals surface area contributed by atoms with Crippen molar-refractivity contribution in [3.8, 4) is 11.1 Å². The predicted molar refractivity (Wildman–Crippen MR) is 147 cm³/mol. The molecule has 2 aliphatic rings. The highest BCUT2D eigenvalue weighted by atomic mass is 16.5. The van der Waals surface area contributed by atoms with Crippen molar-refractivity contribution in [3.05, 3.63) is 95.6 Å². The normalized spacial score (nSPS) is 18.1. The number of carboxylic acid groups (broad SMARTS) is 1. The van der Waals surface area contributed by atoms with E-state index in [1.54, 1.807) is 0 Å². The molecular weight excluding hydrogens is 494 g/mol. The Morgan fingerprint density at radius 3 is 2.18 bits per heavy atom. The highest BCUT2D eigenvalue weighted by molar-refractivity contribution is 5.86. The summed E-state index contributed by atoms with van der Waals surface area (Å²) in [6.45, 7) is 1.27. The smallest absolute Gasteiger partial charge is 0.407 e. The molecule has 39 heavy (non-hydrogen) atoms. The molecule has 3 aromatic rings. The first-order valence-electron chi connectivity index (χ1n) is 13.2. The molecule has 3 atom stereocenters. The number of aliphatic carboxylic acids is 1. The van der Waals surface area contributed by atoms with Crippen LogP contribution in [0.1, 0.15) is 29.0 Å². The summed E-state index contributed by atoms with van der Waals surface area (Å²) in [6.07, 6.45) is -0.117. The van der Waals surface area contributed by atoms with Gasteiger partial charge < -0.3 is 20.5 Å². The minimum absolute atomic E-state index is 0.0800. The number of fused-ring (bicyclic) bond motifs is 3. The molecule has 202 valence electrons. The second-order valence-electron chi connectivity index (χ2n) is 10.4. The number of likely N-dealkylation sites (N-methyl/N-ethyl adjacent to an activating group) is 1. The van der Waals surface area contributed by atoms with Crippen molar-refractivity contribution in [2.45, 2.75) is 24.9 Å². The van der Waals surface area contributed by atoms with Crippen molar-refractivity contribution in [3.63, 3.8) is 0 Å². The number of carbonyl (C=O) groups excluding carboxylic acids is 2. The molecule has 0 aromatic heterocycles. The SMILES string of the molecule is CN(Cc1ccccc1)CC(NC(=O)OCC1c2ccccc2-c2ccccc21)C(=O)NC[C@@H]1C[C@@H]1C(=O)O. The van der Waals surface area contributed by atoms with E-state index in [1.807, 2.05) is 66.5 Å². The van der Waals surface area contributed by atoms with Gasteiger partial charge in [0.2, 0.25) is 5.91 Å². The average molecular weight is 528 g/mol. The Morgan fingerprint density at radius 1 is 0.949 bits per heavy atom. The summed E-state index contributed by atoms with van der Waals surface area (Å²) in [5.74, 6) is -1.79. The lowest BCUT2D eigenvalue weighted by Crippen LogP contribution is -2.52.